The minimum atomic E-state index is -0.0365. The van der Waals surface area contributed by atoms with Crippen molar-refractivity contribution in [2.24, 2.45) is 7.05 Å². The highest BCUT2D eigenvalue weighted by Gasteiger charge is 2.47. The molecule has 5 rings (SSSR count). The summed E-state index contributed by atoms with van der Waals surface area (Å²) in [7, 11) is 1.90. The Balaban J connectivity index is 1.33. The van der Waals surface area contributed by atoms with Crippen molar-refractivity contribution in [3.05, 3.63) is 42.9 Å². The van der Waals surface area contributed by atoms with E-state index in [-0.39, 0.29) is 5.91 Å². The Bertz CT molecular complexity index is 999. The van der Waals surface area contributed by atoms with Crippen LogP contribution in [-0.4, -0.2) is 57.4 Å². The molecule has 0 bridgehead atoms. The zero-order chi connectivity index (χ0) is 17.7. The standard InChI is InChI=1S/C19H19N5O2/c1-23-8-15(7-21-23)12-2-3-13-6-20-18(5-14(13)4-12)22-19(25)10-24-9-17-16(24)11-26-17/h2-8,16-17H,9-11H2,1H3,(H,20,22,25)/t16?,17-/m0/s1. The third-order valence-electron chi connectivity index (χ3n) is 5.17. The van der Waals surface area contributed by atoms with Crippen LogP contribution in [-0.2, 0) is 16.6 Å². The lowest BCUT2D eigenvalue weighted by molar-refractivity contribution is -0.212. The van der Waals surface area contributed by atoms with Crippen molar-refractivity contribution in [2.45, 2.75) is 12.1 Å². The van der Waals surface area contributed by atoms with Crippen molar-refractivity contribution in [3.8, 4) is 11.1 Å². The first kappa shape index (κ1) is 15.5. The number of benzene rings is 1. The molecule has 0 spiro atoms. The van der Waals surface area contributed by atoms with E-state index in [1.165, 1.54) is 0 Å². The van der Waals surface area contributed by atoms with E-state index in [9.17, 15) is 4.79 Å². The van der Waals surface area contributed by atoms with Gasteiger partial charge in [0.25, 0.3) is 0 Å². The van der Waals surface area contributed by atoms with Gasteiger partial charge in [-0.3, -0.25) is 14.4 Å². The predicted molar refractivity (Wildman–Crippen MR) is 97.7 cm³/mol. The summed E-state index contributed by atoms with van der Waals surface area (Å²) in [5.74, 6) is 0.540. The second-order valence-electron chi connectivity index (χ2n) is 6.95. The number of carbonyl (C=O) groups excluding carboxylic acids is 1. The van der Waals surface area contributed by atoms with E-state index in [1.807, 2.05) is 31.6 Å². The number of aromatic nitrogens is 3. The second-order valence-corrected chi connectivity index (χ2v) is 6.95. The molecule has 1 aromatic carbocycles. The quantitative estimate of drug-likeness (QED) is 0.776. The summed E-state index contributed by atoms with van der Waals surface area (Å²) >= 11 is 0. The molecule has 7 heteroatoms. The molecular formula is C19H19N5O2. The number of likely N-dealkylation sites (tertiary alicyclic amines) is 1. The maximum atomic E-state index is 12.3. The van der Waals surface area contributed by atoms with Gasteiger partial charge in [-0.15, -0.1) is 0 Å². The molecule has 2 aliphatic heterocycles. The normalized spacial score (nSPS) is 21.7. The Morgan fingerprint density at radius 2 is 2.19 bits per heavy atom. The average Bonchev–Trinajstić information content (AvgIpc) is 3.04. The molecule has 1 unspecified atom stereocenters. The molecule has 132 valence electrons. The van der Waals surface area contributed by atoms with Crippen LogP contribution in [0.4, 0.5) is 5.82 Å². The number of carbonyl (C=O) groups is 1. The van der Waals surface area contributed by atoms with E-state index < -0.39 is 0 Å². The highest BCUT2D eigenvalue weighted by atomic mass is 16.5. The van der Waals surface area contributed by atoms with Gasteiger partial charge in [0.05, 0.1) is 31.5 Å². The molecule has 0 saturated carbocycles. The molecule has 0 aliphatic carbocycles. The first-order valence-electron chi connectivity index (χ1n) is 8.70. The summed E-state index contributed by atoms with van der Waals surface area (Å²) in [5, 5.41) is 9.20. The van der Waals surface area contributed by atoms with Crippen LogP contribution in [0.5, 0.6) is 0 Å². The van der Waals surface area contributed by atoms with Gasteiger partial charge in [-0.2, -0.15) is 5.10 Å². The van der Waals surface area contributed by atoms with Crippen molar-refractivity contribution in [1.29, 1.82) is 0 Å². The Morgan fingerprint density at radius 3 is 2.88 bits per heavy atom. The Hall–Kier alpha value is -2.77. The zero-order valence-electron chi connectivity index (χ0n) is 14.4. The second kappa shape index (κ2) is 5.89. The predicted octanol–water partition coefficient (Wildman–Crippen LogP) is 1.66. The van der Waals surface area contributed by atoms with Gasteiger partial charge in [-0.1, -0.05) is 12.1 Å². The summed E-state index contributed by atoms with van der Waals surface area (Å²) in [6.07, 6.45) is 5.95. The summed E-state index contributed by atoms with van der Waals surface area (Å²) in [6.45, 7) is 1.97. The Morgan fingerprint density at radius 1 is 1.27 bits per heavy atom. The molecule has 7 nitrogen and oxygen atoms in total. The number of rotatable bonds is 4. The number of nitrogens with one attached hydrogen (secondary N) is 1. The number of pyridine rings is 1. The molecule has 1 N–H and O–H groups in total. The van der Waals surface area contributed by atoms with Crippen LogP contribution in [0.3, 0.4) is 0 Å². The number of ether oxygens (including phenoxy) is 1. The fourth-order valence-corrected chi connectivity index (χ4v) is 3.57. The van der Waals surface area contributed by atoms with E-state index in [1.54, 1.807) is 10.9 Å². The number of anilines is 1. The topological polar surface area (TPSA) is 72.3 Å². The van der Waals surface area contributed by atoms with Crippen LogP contribution in [0.2, 0.25) is 0 Å². The van der Waals surface area contributed by atoms with Crippen LogP contribution in [0.1, 0.15) is 0 Å². The molecule has 2 saturated heterocycles. The number of aryl methyl sites for hydroxylation is 1. The summed E-state index contributed by atoms with van der Waals surface area (Å²) in [6, 6.07) is 8.52. The summed E-state index contributed by atoms with van der Waals surface area (Å²) in [5.41, 5.74) is 2.15. The molecule has 2 aromatic heterocycles. The minimum absolute atomic E-state index is 0.0365. The summed E-state index contributed by atoms with van der Waals surface area (Å²) in [4.78, 5) is 18.8. The molecule has 2 aliphatic rings. The maximum absolute atomic E-state index is 12.3. The first-order chi connectivity index (χ1) is 12.7. The molecule has 3 aromatic rings. The summed E-state index contributed by atoms with van der Waals surface area (Å²) < 4.78 is 7.15. The monoisotopic (exact) mass is 349 g/mol. The fraction of sp³-hybridized carbons (Fsp3) is 0.316. The number of fused-ring (bicyclic) bond motifs is 2. The number of hydrogen-bond acceptors (Lipinski definition) is 5. The van der Waals surface area contributed by atoms with Crippen molar-refractivity contribution >= 4 is 22.5 Å². The maximum Gasteiger partial charge on any atom is 0.239 e. The van der Waals surface area contributed by atoms with Crippen LogP contribution in [0.15, 0.2) is 42.9 Å². The molecule has 1 amide bonds. The van der Waals surface area contributed by atoms with Crippen molar-refractivity contribution in [1.82, 2.24) is 19.7 Å². The number of hydrogen-bond donors (Lipinski definition) is 1. The van der Waals surface area contributed by atoms with Gasteiger partial charge in [-0.25, -0.2) is 4.98 Å². The number of morpholine rings is 1. The Labute approximate surface area is 150 Å². The highest BCUT2D eigenvalue weighted by Crippen LogP contribution is 2.29. The van der Waals surface area contributed by atoms with Gasteiger partial charge in [-0.05, 0) is 23.1 Å². The van der Waals surface area contributed by atoms with Gasteiger partial charge < -0.3 is 10.1 Å². The number of amides is 1. The van der Waals surface area contributed by atoms with E-state index in [4.69, 9.17) is 4.74 Å². The Kier molecular flexibility index (Phi) is 3.51. The number of nitrogens with zero attached hydrogens (tertiary/aromatic N) is 4. The first-order valence-corrected chi connectivity index (χ1v) is 8.70. The lowest BCUT2D eigenvalue weighted by atomic mass is 9.95. The van der Waals surface area contributed by atoms with Gasteiger partial charge in [0.1, 0.15) is 5.82 Å². The van der Waals surface area contributed by atoms with Crippen LogP contribution in [0.25, 0.3) is 21.9 Å². The molecule has 2 fully saturated rings. The largest absolute Gasteiger partial charge is 0.373 e. The van der Waals surface area contributed by atoms with Crippen LogP contribution >= 0.6 is 0 Å². The lowest BCUT2D eigenvalue weighted by Crippen LogP contribution is -2.71. The third-order valence-corrected chi connectivity index (χ3v) is 5.17. The third kappa shape index (κ3) is 2.65. The van der Waals surface area contributed by atoms with Gasteiger partial charge in [0.2, 0.25) is 5.91 Å². The van der Waals surface area contributed by atoms with Gasteiger partial charge in [0.15, 0.2) is 0 Å². The van der Waals surface area contributed by atoms with E-state index in [2.05, 4.69) is 32.4 Å². The van der Waals surface area contributed by atoms with Crippen molar-refractivity contribution in [3.63, 3.8) is 0 Å². The zero-order valence-corrected chi connectivity index (χ0v) is 14.4. The molecule has 26 heavy (non-hydrogen) atoms. The van der Waals surface area contributed by atoms with E-state index >= 15 is 0 Å². The van der Waals surface area contributed by atoms with E-state index in [0.717, 1.165) is 35.1 Å². The average molecular weight is 349 g/mol. The SMILES string of the molecule is Cn1cc(-c2ccc3cnc(NC(=O)CN4C[C@@H]5OCC54)cc3c2)cn1. The molecule has 4 heterocycles. The van der Waals surface area contributed by atoms with Crippen molar-refractivity contribution in [2.75, 3.05) is 25.0 Å². The van der Waals surface area contributed by atoms with Gasteiger partial charge >= 0.3 is 0 Å². The van der Waals surface area contributed by atoms with Crippen LogP contribution < -0.4 is 5.32 Å². The van der Waals surface area contributed by atoms with Crippen molar-refractivity contribution < 1.29 is 9.53 Å². The van der Waals surface area contributed by atoms with E-state index in [0.29, 0.717) is 24.5 Å². The molecule has 2 atom stereocenters. The van der Waals surface area contributed by atoms with Gasteiger partial charge in [0, 0.05) is 36.9 Å². The highest BCUT2D eigenvalue weighted by molar-refractivity contribution is 5.94. The smallest absolute Gasteiger partial charge is 0.239 e. The molecule has 0 radical (unpaired) electrons. The van der Waals surface area contributed by atoms with Crippen LogP contribution in [0, 0.1) is 0 Å². The molecular weight excluding hydrogens is 330 g/mol. The fourth-order valence-electron chi connectivity index (χ4n) is 3.57. The minimum Gasteiger partial charge on any atom is -0.373 e. The lowest BCUT2D eigenvalue weighted by Gasteiger charge is -2.54.